The summed E-state index contributed by atoms with van der Waals surface area (Å²) in [4.78, 5) is 68.2. The smallest absolute Gasteiger partial charge is 0.328 e. The second-order valence-electron chi connectivity index (χ2n) is 8.20. The SMILES string of the molecule is CCCCCC(=O)N(C(C(=O)O)C(C)C)N1C(=O)CCC1=O.NC(=O)NCCCC(N)C(=O)O. The van der Waals surface area contributed by atoms with Crippen molar-refractivity contribution in [2.24, 2.45) is 17.4 Å². The van der Waals surface area contributed by atoms with E-state index in [0.29, 0.717) is 25.8 Å². The van der Waals surface area contributed by atoms with Crippen LogP contribution in [0.15, 0.2) is 0 Å². The summed E-state index contributed by atoms with van der Waals surface area (Å²) in [6.45, 7) is 5.65. The van der Waals surface area contributed by atoms with Crippen molar-refractivity contribution in [2.45, 2.75) is 84.2 Å². The Morgan fingerprint density at radius 3 is 2.00 bits per heavy atom. The number of carbonyl (C=O) groups excluding carboxylic acids is 4. The number of urea groups is 1. The number of carboxylic acid groups (broad SMARTS) is 2. The van der Waals surface area contributed by atoms with E-state index in [4.69, 9.17) is 16.6 Å². The lowest BCUT2D eigenvalue weighted by atomic mass is 10.0. The number of rotatable bonds is 13. The van der Waals surface area contributed by atoms with Gasteiger partial charge in [-0.1, -0.05) is 33.6 Å². The molecule has 1 aliphatic heterocycles. The fraction of sp³-hybridized carbons (Fsp3) is 0.714. The van der Waals surface area contributed by atoms with Gasteiger partial charge in [0.25, 0.3) is 0 Å². The molecule has 0 aromatic carbocycles. The number of amides is 5. The minimum Gasteiger partial charge on any atom is -0.480 e. The summed E-state index contributed by atoms with van der Waals surface area (Å²) in [6, 6.07) is -2.70. The number of imide groups is 1. The highest BCUT2D eigenvalue weighted by Crippen LogP contribution is 2.23. The maximum Gasteiger partial charge on any atom is 0.328 e. The lowest BCUT2D eigenvalue weighted by Gasteiger charge is -2.36. The highest BCUT2D eigenvalue weighted by molar-refractivity contribution is 6.03. The van der Waals surface area contributed by atoms with Crippen molar-refractivity contribution in [3.05, 3.63) is 0 Å². The molecule has 1 fully saturated rings. The van der Waals surface area contributed by atoms with Crippen molar-refractivity contribution in [3.63, 3.8) is 0 Å². The van der Waals surface area contributed by atoms with Gasteiger partial charge >= 0.3 is 18.0 Å². The summed E-state index contributed by atoms with van der Waals surface area (Å²) in [5.74, 6) is -4.19. The molecular weight excluding hydrogens is 450 g/mol. The topological polar surface area (TPSA) is 213 Å². The van der Waals surface area contributed by atoms with Gasteiger partial charge in [-0.25, -0.2) is 14.6 Å². The molecule has 0 bridgehead atoms. The van der Waals surface area contributed by atoms with Crippen LogP contribution in [0, 0.1) is 5.92 Å². The molecule has 0 aromatic heterocycles. The van der Waals surface area contributed by atoms with E-state index in [0.717, 1.165) is 22.9 Å². The minimum atomic E-state index is -1.22. The maximum absolute atomic E-state index is 12.5. The van der Waals surface area contributed by atoms with Crippen LogP contribution in [-0.4, -0.2) is 74.6 Å². The van der Waals surface area contributed by atoms with E-state index in [1.54, 1.807) is 13.8 Å². The van der Waals surface area contributed by atoms with Gasteiger partial charge in [0.1, 0.15) is 6.04 Å². The Bertz CT molecular complexity index is 727. The van der Waals surface area contributed by atoms with Crippen LogP contribution < -0.4 is 16.8 Å². The van der Waals surface area contributed by atoms with Gasteiger partial charge in [-0.15, -0.1) is 0 Å². The second-order valence-corrected chi connectivity index (χ2v) is 8.20. The van der Waals surface area contributed by atoms with Crippen LogP contribution in [0.5, 0.6) is 0 Å². The zero-order valence-electron chi connectivity index (χ0n) is 20.0. The molecule has 0 aliphatic carbocycles. The molecule has 1 saturated heterocycles. The number of nitrogens with zero attached hydrogens (tertiary/aromatic N) is 2. The number of hydrogen-bond donors (Lipinski definition) is 5. The van der Waals surface area contributed by atoms with Crippen molar-refractivity contribution in [2.75, 3.05) is 6.54 Å². The summed E-state index contributed by atoms with van der Waals surface area (Å²) >= 11 is 0. The van der Waals surface area contributed by atoms with Gasteiger partial charge in [0, 0.05) is 25.8 Å². The number of hydrogen-bond acceptors (Lipinski definition) is 7. The first kappa shape index (κ1) is 30.8. The molecule has 2 atom stereocenters. The van der Waals surface area contributed by atoms with Crippen LogP contribution in [0.1, 0.15) is 72.1 Å². The first-order valence-electron chi connectivity index (χ1n) is 11.3. The average Bonchev–Trinajstić information content (AvgIpc) is 3.06. The third kappa shape index (κ3) is 10.6. The number of carboxylic acids is 2. The summed E-state index contributed by atoms with van der Waals surface area (Å²) in [7, 11) is 0. The van der Waals surface area contributed by atoms with Crippen LogP contribution in [-0.2, 0) is 24.0 Å². The Morgan fingerprint density at radius 2 is 1.59 bits per heavy atom. The van der Waals surface area contributed by atoms with Crippen molar-refractivity contribution < 1.29 is 39.0 Å². The molecule has 1 heterocycles. The van der Waals surface area contributed by atoms with Gasteiger partial charge in [0.05, 0.1) is 0 Å². The molecule has 194 valence electrons. The van der Waals surface area contributed by atoms with Crippen LogP contribution in [0.4, 0.5) is 4.79 Å². The Hall–Kier alpha value is -3.22. The molecule has 34 heavy (non-hydrogen) atoms. The molecule has 0 saturated carbocycles. The lowest BCUT2D eigenvalue weighted by molar-refractivity contribution is -0.180. The molecule has 0 radical (unpaired) electrons. The fourth-order valence-corrected chi connectivity index (χ4v) is 3.17. The Balaban J connectivity index is 0.000000770. The van der Waals surface area contributed by atoms with Crippen molar-refractivity contribution in [1.29, 1.82) is 0 Å². The van der Waals surface area contributed by atoms with E-state index in [1.807, 2.05) is 6.92 Å². The van der Waals surface area contributed by atoms with Gasteiger partial charge < -0.3 is 27.0 Å². The number of unbranched alkanes of at least 4 members (excludes halogenated alkanes) is 2. The second kappa shape index (κ2) is 15.6. The normalized spacial score (nSPS) is 14.8. The van der Waals surface area contributed by atoms with Crippen molar-refractivity contribution in [1.82, 2.24) is 15.3 Å². The molecule has 7 N–H and O–H groups in total. The zero-order valence-corrected chi connectivity index (χ0v) is 20.0. The van der Waals surface area contributed by atoms with E-state index in [2.05, 4.69) is 5.32 Å². The van der Waals surface area contributed by atoms with Crippen LogP contribution >= 0.6 is 0 Å². The number of hydrazine groups is 1. The number of carbonyl (C=O) groups is 6. The van der Waals surface area contributed by atoms with Gasteiger partial charge in [-0.05, 0) is 25.2 Å². The average molecular weight is 488 g/mol. The first-order valence-corrected chi connectivity index (χ1v) is 11.3. The predicted octanol–water partition coefficient (Wildman–Crippen LogP) is 0.415. The quantitative estimate of drug-likeness (QED) is 0.179. The summed E-state index contributed by atoms with van der Waals surface area (Å²) in [5, 5.41) is 21.7. The number of aliphatic carboxylic acids is 2. The number of nitrogens with two attached hydrogens (primary N) is 2. The molecule has 13 heteroatoms. The Morgan fingerprint density at radius 1 is 1.03 bits per heavy atom. The lowest BCUT2D eigenvalue weighted by Crippen LogP contribution is -2.58. The molecule has 5 amide bonds. The van der Waals surface area contributed by atoms with Crippen LogP contribution in [0.2, 0.25) is 0 Å². The third-order valence-corrected chi connectivity index (χ3v) is 4.95. The summed E-state index contributed by atoms with van der Waals surface area (Å²) in [5.41, 5.74) is 9.96. The highest BCUT2D eigenvalue weighted by atomic mass is 16.4. The molecule has 1 rings (SSSR count). The van der Waals surface area contributed by atoms with E-state index < -0.39 is 53.7 Å². The van der Waals surface area contributed by atoms with E-state index in [-0.39, 0.29) is 19.3 Å². The largest absolute Gasteiger partial charge is 0.480 e. The van der Waals surface area contributed by atoms with Crippen LogP contribution in [0.3, 0.4) is 0 Å². The predicted molar refractivity (Wildman–Crippen MR) is 121 cm³/mol. The fourth-order valence-electron chi connectivity index (χ4n) is 3.17. The molecule has 13 nitrogen and oxygen atoms in total. The van der Waals surface area contributed by atoms with Gasteiger partial charge in [0.15, 0.2) is 6.04 Å². The van der Waals surface area contributed by atoms with E-state index >= 15 is 0 Å². The van der Waals surface area contributed by atoms with E-state index in [9.17, 15) is 33.9 Å². The Kier molecular flexibility index (Phi) is 14.1. The van der Waals surface area contributed by atoms with Crippen molar-refractivity contribution in [3.8, 4) is 0 Å². The molecule has 1 aliphatic rings. The van der Waals surface area contributed by atoms with E-state index in [1.165, 1.54) is 0 Å². The number of nitrogens with one attached hydrogen (secondary N) is 1. The standard InChI is InChI=1S/C15H24N2O5.C6H13N3O3/c1-4-5-6-7-11(18)17(14(10(2)3)15(21)22)16-12(19)8-9-13(16)20;7-4(5(10)11)2-1-3-9-6(8)12/h10,14H,4-9H2,1-3H3,(H,21,22);4H,1-3,7H2,(H,10,11)(H3,8,9,12). The van der Waals surface area contributed by atoms with Crippen LogP contribution in [0.25, 0.3) is 0 Å². The van der Waals surface area contributed by atoms with Gasteiger partial charge in [-0.2, -0.15) is 5.01 Å². The zero-order chi connectivity index (χ0) is 26.4. The highest BCUT2D eigenvalue weighted by Gasteiger charge is 2.43. The Labute approximate surface area is 198 Å². The molecule has 0 aromatic rings. The van der Waals surface area contributed by atoms with Gasteiger partial charge in [-0.3, -0.25) is 19.2 Å². The maximum atomic E-state index is 12.5. The summed E-state index contributed by atoms with van der Waals surface area (Å²) < 4.78 is 0. The molecule has 2 unspecified atom stereocenters. The monoisotopic (exact) mass is 487 g/mol. The van der Waals surface area contributed by atoms with Crippen molar-refractivity contribution >= 4 is 35.7 Å². The summed E-state index contributed by atoms with van der Waals surface area (Å²) in [6.07, 6.45) is 3.35. The molecular formula is C21H37N5O8. The number of primary amides is 1. The minimum absolute atomic E-state index is 0.0159. The third-order valence-electron chi connectivity index (χ3n) is 4.95. The first-order chi connectivity index (χ1) is 15.8. The van der Waals surface area contributed by atoms with Gasteiger partial charge in [0.2, 0.25) is 17.7 Å². The molecule has 0 spiro atoms.